The molecule has 1 aliphatic rings. The summed E-state index contributed by atoms with van der Waals surface area (Å²) >= 11 is 0. The molecule has 0 saturated carbocycles. The Morgan fingerprint density at radius 1 is 1.40 bits per heavy atom. The van der Waals surface area contributed by atoms with E-state index in [0.29, 0.717) is 12.8 Å². The van der Waals surface area contributed by atoms with Crippen LogP contribution in [-0.2, 0) is 19.4 Å². The van der Waals surface area contributed by atoms with Crippen molar-refractivity contribution in [3.8, 4) is 0 Å². The molecule has 0 aromatic carbocycles. The minimum Gasteiger partial charge on any atom is -0.479 e. The number of carboxylic acid groups (broad SMARTS) is 1. The lowest BCUT2D eigenvalue weighted by atomic mass is 10.2. The lowest BCUT2D eigenvalue weighted by Crippen LogP contribution is -2.45. The van der Waals surface area contributed by atoms with E-state index in [0.717, 1.165) is 6.26 Å². The quantitative estimate of drug-likeness (QED) is 0.599. The fraction of sp³-hybridized carbons (Fsp3) is 0.818. The molecule has 1 saturated heterocycles. The summed E-state index contributed by atoms with van der Waals surface area (Å²) in [5, 5.41) is 13.8. The highest BCUT2D eigenvalue weighted by Crippen LogP contribution is 2.19. The Morgan fingerprint density at radius 2 is 2.05 bits per heavy atom. The molecular weight excluding hydrogens is 288 g/mol. The Labute approximate surface area is 117 Å². The SMILES string of the molecule is CC(CS(C)(=O)=O)NC(=O)NCC1CCC(C(=O)O)O1. The number of sulfone groups is 1. The van der Waals surface area contributed by atoms with Crippen molar-refractivity contribution in [3.05, 3.63) is 0 Å². The van der Waals surface area contributed by atoms with Crippen LogP contribution in [0.2, 0.25) is 0 Å². The highest BCUT2D eigenvalue weighted by molar-refractivity contribution is 7.90. The van der Waals surface area contributed by atoms with Gasteiger partial charge in [-0.1, -0.05) is 0 Å². The number of ether oxygens (including phenoxy) is 1. The van der Waals surface area contributed by atoms with Gasteiger partial charge in [0.1, 0.15) is 9.84 Å². The largest absolute Gasteiger partial charge is 0.479 e. The molecule has 0 radical (unpaired) electrons. The predicted molar refractivity (Wildman–Crippen MR) is 71.2 cm³/mol. The Hall–Kier alpha value is -1.35. The molecule has 116 valence electrons. The van der Waals surface area contributed by atoms with Crippen molar-refractivity contribution in [2.24, 2.45) is 0 Å². The molecule has 3 N–H and O–H groups in total. The smallest absolute Gasteiger partial charge is 0.332 e. The maximum atomic E-state index is 11.5. The Bertz CT molecular complexity index is 464. The van der Waals surface area contributed by atoms with Crippen LogP contribution in [0, 0.1) is 0 Å². The van der Waals surface area contributed by atoms with Crippen molar-refractivity contribution in [2.75, 3.05) is 18.6 Å². The van der Waals surface area contributed by atoms with E-state index in [9.17, 15) is 18.0 Å². The van der Waals surface area contributed by atoms with Crippen molar-refractivity contribution in [3.63, 3.8) is 0 Å². The van der Waals surface area contributed by atoms with E-state index in [2.05, 4.69) is 10.6 Å². The van der Waals surface area contributed by atoms with Crippen LogP contribution in [0.15, 0.2) is 0 Å². The van der Waals surface area contributed by atoms with Crippen molar-refractivity contribution in [1.29, 1.82) is 0 Å². The average Bonchev–Trinajstić information content (AvgIpc) is 2.72. The van der Waals surface area contributed by atoms with Crippen molar-refractivity contribution < 1.29 is 27.9 Å². The van der Waals surface area contributed by atoms with E-state index in [-0.39, 0.29) is 18.4 Å². The maximum Gasteiger partial charge on any atom is 0.332 e. The van der Waals surface area contributed by atoms with Gasteiger partial charge < -0.3 is 20.5 Å². The summed E-state index contributed by atoms with van der Waals surface area (Å²) in [5.74, 6) is -1.14. The topological polar surface area (TPSA) is 122 Å². The fourth-order valence-electron chi connectivity index (χ4n) is 2.01. The second-order valence-electron chi connectivity index (χ2n) is 5.01. The summed E-state index contributed by atoms with van der Waals surface area (Å²) in [7, 11) is -3.15. The molecule has 1 rings (SSSR count). The first-order valence-corrected chi connectivity index (χ1v) is 8.34. The van der Waals surface area contributed by atoms with Crippen LogP contribution in [0.1, 0.15) is 19.8 Å². The molecule has 8 nitrogen and oxygen atoms in total. The number of carbonyl (C=O) groups is 2. The molecule has 3 atom stereocenters. The van der Waals surface area contributed by atoms with Crippen LogP contribution in [0.5, 0.6) is 0 Å². The third-order valence-electron chi connectivity index (χ3n) is 2.80. The van der Waals surface area contributed by atoms with Crippen LogP contribution in [-0.4, -0.2) is 62.3 Å². The Morgan fingerprint density at radius 3 is 2.55 bits per heavy atom. The second-order valence-corrected chi connectivity index (χ2v) is 7.19. The van der Waals surface area contributed by atoms with Gasteiger partial charge in [-0.05, 0) is 19.8 Å². The molecule has 2 amide bonds. The van der Waals surface area contributed by atoms with Gasteiger partial charge in [0.05, 0.1) is 11.9 Å². The molecule has 9 heteroatoms. The first-order chi connectivity index (χ1) is 9.17. The molecule has 0 bridgehead atoms. The Kier molecular flexibility index (Phi) is 5.75. The first kappa shape index (κ1) is 16.7. The van der Waals surface area contributed by atoms with Gasteiger partial charge in [0.25, 0.3) is 0 Å². The summed E-state index contributed by atoms with van der Waals surface area (Å²) in [6.45, 7) is 1.79. The zero-order valence-electron chi connectivity index (χ0n) is 11.5. The van der Waals surface area contributed by atoms with E-state index in [1.54, 1.807) is 6.92 Å². The van der Waals surface area contributed by atoms with Gasteiger partial charge in [0, 0.05) is 18.8 Å². The summed E-state index contributed by atoms with van der Waals surface area (Å²) in [6.07, 6.45) is 0.951. The second kappa shape index (κ2) is 6.89. The van der Waals surface area contributed by atoms with Gasteiger partial charge >= 0.3 is 12.0 Å². The minimum atomic E-state index is -3.15. The lowest BCUT2D eigenvalue weighted by molar-refractivity contribution is -0.149. The highest BCUT2D eigenvalue weighted by atomic mass is 32.2. The number of rotatable bonds is 6. The predicted octanol–water partition coefficient (Wildman–Crippen LogP) is -0.649. The van der Waals surface area contributed by atoms with Gasteiger partial charge in [-0.2, -0.15) is 0 Å². The summed E-state index contributed by atoms with van der Waals surface area (Å²) < 4.78 is 27.3. The summed E-state index contributed by atoms with van der Waals surface area (Å²) in [6, 6.07) is -0.996. The van der Waals surface area contributed by atoms with Gasteiger partial charge in [-0.15, -0.1) is 0 Å². The zero-order chi connectivity index (χ0) is 15.3. The summed E-state index contributed by atoms with van der Waals surface area (Å²) in [5.41, 5.74) is 0. The van der Waals surface area contributed by atoms with Crippen LogP contribution >= 0.6 is 0 Å². The van der Waals surface area contributed by atoms with Gasteiger partial charge in [-0.3, -0.25) is 0 Å². The normalized spacial score (nSPS) is 24.1. The van der Waals surface area contributed by atoms with Crippen LogP contribution in [0.3, 0.4) is 0 Å². The van der Waals surface area contributed by atoms with Gasteiger partial charge in [-0.25, -0.2) is 18.0 Å². The van der Waals surface area contributed by atoms with E-state index in [1.807, 2.05) is 0 Å². The van der Waals surface area contributed by atoms with Crippen molar-refractivity contribution in [2.45, 2.75) is 38.0 Å². The van der Waals surface area contributed by atoms with Crippen LogP contribution in [0.25, 0.3) is 0 Å². The van der Waals surface area contributed by atoms with E-state index >= 15 is 0 Å². The van der Waals surface area contributed by atoms with Crippen molar-refractivity contribution in [1.82, 2.24) is 10.6 Å². The van der Waals surface area contributed by atoms with Crippen LogP contribution < -0.4 is 10.6 Å². The standard InChI is InChI=1S/C11H20N2O6S/c1-7(6-20(2,17)18)13-11(16)12-5-8-3-4-9(19-8)10(14)15/h7-9H,3-6H2,1-2H3,(H,14,15)(H2,12,13,16). The molecule has 1 fully saturated rings. The number of amides is 2. The molecule has 0 aromatic rings. The maximum absolute atomic E-state index is 11.5. The third-order valence-corrected chi connectivity index (χ3v) is 3.91. The van der Waals surface area contributed by atoms with E-state index in [1.165, 1.54) is 0 Å². The highest BCUT2D eigenvalue weighted by Gasteiger charge is 2.30. The van der Waals surface area contributed by atoms with Gasteiger partial charge in [0.15, 0.2) is 6.10 Å². The number of urea groups is 1. The molecule has 20 heavy (non-hydrogen) atoms. The monoisotopic (exact) mass is 308 g/mol. The molecule has 0 aliphatic carbocycles. The van der Waals surface area contributed by atoms with Crippen molar-refractivity contribution >= 4 is 21.8 Å². The molecule has 0 aromatic heterocycles. The number of hydrogen-bond donors (Lipinski definition) is 3. The number of nitrogens with one attached hydrogen (secondary N) is 2. The number of aliphatic carboxylic acids is 1. The number of carbonyl (C=O) groups excluding carboxylic acids is 1. The van der Waals surface area contributed by atoms with E-state index < -0.39 is 34.0 Å². The molecule has 1 aliphatic heterocycles. The minimum absolute atomic E-state index is 0.137. The third kappa shape index (κ3) is 6.20. The number of carboxylic acids is 1. The van der Waals surface area contributed by atoms with E-state index in [4.69, 9.17) is 9.84 Å². The van der Waals surface area contributed by atoms with Crippen LogP contribution in [0.4, 0.5) is 4.79 Å². The number of hydrogen-bond acceptors (Lipinski definition) is 5. The zero-order valence-corrected chi connectivity index (χ0v) is 12.3. The molecular formula is C11H20N2O6S. The lowest BCUT2D eigenvalue weighted by Gasteiger charge is -2.16. The first-order valence-electron chi connectivity index (χ1n) is 6.27. The average molecular weight is 308 g/mol. The molecule has 3 unspecified atom stereocenters. The van der Waals surface area contributed by atoms with Gasteiger partial charge in [0.2, 0.25) is 0 Å². The molecule has 0 spiro atoms. The fourth-order valence-corrected chi connectivity index (χ4v) is 3.01. The summed E-state index contributed by atoms with van der Waals surface area (Å²) in [4.78, 5) is 22.2. The molecule has 1 heterocycles. The Balaban J connectivity index is 2.25.